The fourth-order valence-electron chi connectivity index (χ4n) is 2.63. The van der Waals surface area contributed by atoms with E-state index in [1.807, 2.05) is 30.3 Å². The van der Waals surface area contributed by atoms with Gasteiger partial charge in [0.2, 0.25) is 0 Å². The van der Waals surface area contributed by atoms with Gasteiger partial charge in [-0.15, -0.1) is 0 Å². The molecule has 0 aliphatic carbocycles. The molecule has 0 spiro atoms. The third-order valence-corrected chi connectivity index (χ3v) is 4.63. The molecule has 0 heterocycles. The highest BCUT2D eigenvalue weighted by Gasteiger charge is 2.26. The van der Waals surface area contributed by atoms with Crippen molar-refractivity contribution in [3.8, 4) is 11.5 Å². The number of halogens is 4. The molecule has 9 heteroatoms. The van der Waals surface area contributed by atoms with Crippen LogP contribution in [0.15, 0.2) is 60.7 Å². The Labute approximate surface area is 167 Å². The van der Waals surface area contributed by atoms with Crippen molar-refractivity contribution >= 4 is 27.7 Å². The van der Waals surface area contributed by atoms with Gasteiger partial charge in [0, 0.05) is 23.9 Å². The van der Waals surface area contributed by atoms with Gasteiger partial charge in [-0.2, -0.15) is 13.2 Å². The Morgan fingerprint density at radius 2 is 1.76 bits per heavy atom. The van der Waals surface area contributed by atoms with Crippen molar-refractivity contribution in [2.45, 2.75) is 19.0 Å². The lowest BCUT2D eigenvalue weighted by molar-refractivity contribution is -0.136. The number of ether oxygens (including phenoxy) is 1. The zero-order valence-electron chi connectivity index (χ0n) is 15.0. The van der Waals surface area contributed by atoms with Crippen LogP contribution in [-0.2, 0) is 15.4 Å². The molecular formula is C20H17F4NO3S. The lowest BCUT2D eigenvalue weighted by atomic mass is 10.1. The number of anilines is 1. The van der Waals surface area contributed by atoms with Crippen molar-refractivity contribution in [3.63, 3.8) is 0 Å². The van der Waals surface area contributed by atoms with Gasteiger partial charge in [0.15, 0.2) is 0 Å². The van der Waals surface area contributed by atoms with Crippen LogP contribution in [0.25, 0.3) is 10.8 Å². The molecule has 0 saturated heterocycles. The first-order valence-corrected chi connectivity index (χ1v) is 9.72. The lowest BCUT2D eigenvalue weighted by Crippen LogP contribution is -2.12. The van der Waals surface area contributed by atoms with Gasteiger partial charge in [0.05, 0.1) is 12.3 Å². The fraction of sp³-hybridized carbons (Fsp3) is 0.200. The van der Waals surface area contributed by atoms with E-state index in [1.54, 1.807) is 12.1 Å². The number of alkyl halides is 3. The van der Waals surface area contributed by atoms with Crippen LogP contribution >= 0.6 is 0 Å². The molecule has 29 heavy (non-hydrogen) atoms. The molecule has 0 bridgehead atoms. The zero-order chi connectivity index (χ0) is 20.9. The Morgan fingerprint density at radius 3 is 2.55 bits per heavy atom. The minimum atomic E-state index is -4.30. The molecule has 1 N–H and O–H groups in total. The first kappa shape index (κ1) is 21.1. The predicted molar refractivity (Wildman–Crippen MR) is 103 cm³/mol. The highest BCUT2D eigenvalue weighted by Crippen LogP contribution is 2.31. The highest BCUT2D eigenvalue weighted by molar-refractivity contribution is 7.81. The Bertz CT molecular complexity index is 1010. The van der Waals surface area contributed by atoms with E-state index in [2.05, 4.69) is 4.72 Å². The monoisotopic (exact) mass is 427 g/mol. The lowest BCUT2D eigenvalue weighted by Gasteiger charge is -2.12. The summed E-state index contributed by atoms with van der Waals surface area (Å²) in [4.78, 5) is 0. The van der Waals surface area contributed by atoms with E-state index in [1.165, 1.54) is 12.1 Å². The van der Waals surface area contributed by atoms with Crippen LogP contribution < -0.4 is 9.46 Å². The maximum atomic E-state index is 13.9. The Morgan fingerprint density at radius 1 is 1.00 bits per heavy atom. The molecule has 0 aromatic heterocycles. The first-order chi connectivity index (χ1) is 13.8. The maximum absolute atomic E-state index is 13.9. The van der Waals surface area contributed by atoms with Crippen LogP contribution in [0, 0.1) is 5.82 Å². The second-order valence-electron chi connectivity index (χ2n) is 6.13. The number of benzene rings is 3. The molecule has 0 aliphatic heterocycles. The molecule has 3 aromatic rings. The van der Waals surface area contributed by atoms with E-state index in [0.29, 0.717) is 5.75 Å². The van der Waals surface area contributed by atoms with Gasteiger partial charge in [-0.1, -0.05) is 36.4 Å². The minimum Gasteiger partial charge on any atom is -0.457 e. The van der Waals surface area contributed by atoms with Crippen molar-refractivity contribution in [1.29, 1.82) is 0 Å². The second-order valence-corrected chi connectivity index (χ2v) is 7.04. The third kappa shape index (κ3) is 6.43. The van der Waals surface area contributed by atoms with Crippen molar-refractivity contribution in [3.05, 3.63) is 66.5 Å². The Hall–Kier alpha value is -2.65. The van der Waals surface area contributed by atoms with Crippen LogP contribution in [0.3, 0.4) is 0 Å². The minimum absolute atomic E-state index is 0.106. The van der Waals surface area contributed by atoms with Crippen molar-refractivity contribution in [2.75, 3.05) is 11.3 Å². The summed E-state index contributed by atoms with van der Waals surface area (Å²) >= 11 is -2.12. The summed E-state index contributed by atoms with van der Waals surface area (Å²) in [5.74, 6) is 0.0430. The van der Waals surface area contributed by atoms with Crippen LogP contribution in [0.4, 0.5) is 23.2 Å². The maximum Gasteiger partial charge on any atom is 0.389 e. The molecule has 3 aromatic carbocycles. The summed E-state index contributed by atoms with van der Waals surface area (Å²) in [6.45, 7) is -0.353. The van der Waals surface area contributed by atoms with Crippen LogP contribution in [-0.4, -0.2) is 17.0 Å². The van der Waals surface area contributed by atoms with E-state index >= 15 is 0 Å². The summed E-state index contributed by atoms with van der Waals surface area (Å²) in [5.41, 5.74) is 0.106. The van der Waals surface area contributed by atoms with Gasteiger partial charge in [-0.05, 0) is 23.9 Å². The number of rotatable bonds is 8. The highest BCUT2D eigenvalue weighted by atomic mass is 32.2. The smallest absolute Gasteiger partial charge is 0.389 e. The van der Waals surface area contributed by atoms with Gasteiger partial charge < -0.3 is 4.74 Å². The van der Waals surface area contributed by atoms with Crippen molar-refractivity contribution in [1.82, 2.24) is 0 Å². The molecular weight excluding hydrogens is 410 g/mol. The second kappa shape index (κ2) is 9.23. The van der Waals surface area contributed by atoms with Crippen molar-refractivity contribution in [2.24, 2.45) is 0 Å². The Kier molecular flexibility index (Phi) is 6.71. The topological polar surface area (TPSA) is 47.6 Å². The molecule has 1 atom stereocenters. The first-order valence-electron chi connectivity index (χ1n) is 8.65. The SMILES string of the molecule is O=S(Nc1cc(F)cc(Oc2cccc3ccccc23)c1)OCCCC(F)(F)F. The van der Waals surface area contributed by atoms with Gasteiger partial charge in [-0.3, -0.25) is 8.91 Å². The average molecular weight is 427 g/mol. The molecule has 1 unspecified atom stereocenters. The standard InChI is InChI=1S/C20H17F4NO3S/c21-15-11-16(25-29(26)27-10-4-9-20(22,23)24)13-17(12-15)28-19-8-3-6-14-5-1-2-7-18(14)19/h1-3,5-8,11-13,25H,4,9-10H2. The quantitative estimate of drug-likeness (QED) is 0.348. The van der Waals surface area contributed by atoms with Crippen LogP contribution in [0.5, 0.6) is 11.5 Å². The largest absolute Gasteiger partial charge is 0.457 e. The number of hydrogen-bond donors (Lipinski definition) is 1. The number of nitrogens with one attached hydrogen (secondary N) is 1. The molecule has 0 fully saturated rings. The van der Waals surface area contributed by atoms with E-state index in [-0.39, 0.29) is 24.5 Å². The van der Waals surface area contributed by atoms with Gasteiger partial charge in [-0.25, -0.2) is 8.60 Å². The zero-order valence-corrected chi connectivity index (χ0v) is 15.9. The van der Waals surface area contributed by atoms with E-state index in [4.69, 9.17) is 8.92 Å². The number of hydrogen-bond acceptors (Lipinski definition) is 3. The molecule has 0 amide bonds. The summed E-state index contributed by atoms with van der Waals surface area (Å²) in [5, 5.41) is 1.79. The van der Waals surface area contributed by atoms with E-state index in [0.717, 1.165) is 16.8 Å². The van der Waals surface area contributed by atoms with Crippen LogP contribution in [0.2, 0.25) is 0 Å². The molecule has 0 radical (unpaired) electrons. The van der Waals surface area contributed by atoms with E-state index in [9.17, 15) is 21.8 Å². The predicted octanol–water partition coefficient (Wildman–Crippen LogP) is 6.12. The summed E-state index contributed by atoms with van der Waals surface area (Å²) in [6, 6.07) is 16.7. The summed E-state index contributed by atoms with van der Waals surface area (Å²) in [6.07, 6.45) is -5.66. The molecule has 0 aliphatic rings. The molecule has 0 saturated carbocycles. The molecule has 4 nitrogen and oxygen atoms in total. The normalized spacial score (nSPS) is 12.7. The molecule has 154 valence electrons. The van der Waals surface area contributed by atoms with Gasteiger partial charge >= 0.3 is 6.18 Å². The average Bonchev–Trinajstić information content (AvgIpc) is 2.64. The summed E-state index contributed by atoms with van der Waals surface area (Å²) < 4.78 is 75.0. The van der Waals surface area contributed by atoms with Gasteiger partial charge in [0.25, 0.3) is 11.3 Å². The molecule has 3 rings (SSSR count). The fourth-order valence-corrected chi connectivity index (χ4v) is 3.26. The third-order valence-electron chi connectivity index (χ3n) is 3.84. The van der Waals surface area contributed by atoms with Gasteiger partial charge in [0.1, 0.15) is 17.3 Å². The summed E-state index contributed by atoms with van der Waals surface area (Å²) in [7, 11) is 0. The van der Waals surface area contributed by atoms with Crippen molar-refractivity contribution < 1.29 is 30.7 Å². The number of fused-ring (bicyclic) bond motifs is 1. The van der Waals surface area contributed by atoms with E-state index < -0.39 is 29.7 Å². The Balaban J connectivity index is 1.66. The van der Waals surface area contributed by atoms with Crippen LogP contribution in [0.1, 0.15) is 12.8 Å².